The van der Waals surface area contributed by atoms with Crippen LogP contribution in [0.3, 0.4) is 0 Å². The minimum atomic E-state index is -0.337. The van der Waals surface area contributed by atoms with Gasteiger partial charge in [0.1, 0.15) is 11.8 Å². The smallest absolute Gasteiger partial charge is 0.247 e. The largest absolute Gasteiger partial charge is 0.368 e. The lowest BCUT2D eigenvalue weighted by Gasteiger charge is -2.20. The van der Waals surface area contributed by atoms with Crippen LogP contribution in [-0.2, 0) is 11.8 Å². The lowest BCUT2D eigenvalue weighted by molar-refractivity contribution is -0.111. The van der Waals surface area contributed by atoms with E-state index < -0.39 is 0 Å². The van der Waals surface area contributed by atoms with E-state index in [0.717, 1.165) is 23.2 Å². The number of carbonyl (C=O) groups excluding carboxylic acids is 1. The van der Waals surface area contributed by atoms with Crippen molar-refractivity contribution in [3.63, 3.8) is 0 Å². The Hall–Kier alpha value is -4.34. The number of aryl methyl sites for hydroxylation is 2. The fourth-order valence-electron chi connectivity index (χ4n) is 3.45. The molecule has 10 heteroatoms. The monoisotopic (exact) mass is 471 g/mol. The van der Waals surface area contributed by atoms with Gasteiger partial charge in [0, 0.05) is 36.4 Å². The average molecular weight is 472 g/mol. The van der Waals surface area contributed by atoms with Crippen LogP contribution in [0.5, 0.6) is 0 Å². The van der Waals surface area contributed by atoms with Crippen LogP contribution in [0.25, 0.3) is 22.3 Å². The molecule has 3 N–H and O–H groups in total. The van der Waals surface area contributed by atoms with Crippen molar-refractivity contribution in [3.05, 3.63) is 55.1 Å². The average Bonchev–Trinajstić information content (AvgIpc) is 3.24. The van der Waals surface area contributed by atoms with E-state index in [0.29, 0.717) is 34.5 Å². The summed E-state index contributed by atoms with van der Waals surface area (Å²) in [6.07, 6.45) is 4.59. The second-order valence-electron chi connectivity index (χ2n) is 9.50. The van der Waals surface area contributed by atoms with E-state index in [9.17, 15) is 4.79 Å². The number of pyridine rings is 1. The van der Waals surface area contributed by atoms with Crippen LogP contribution in [0.2, 0.25) is 0 Å². The van der Waals surface area contributed by atoms with E-state index in [1.54, 1.807) is 17.1 Å². The summed E-state index contributed by atoms with van der Waals surface area (Å²) < 4.78 is 1.80. The van der Waals surface area contributed by atoms with Crippen molar-refractivity contribution >= 4 is 40.0 Å². The van der Waals surface area contributed by atoms with Crippen molar-refractivity contribution in [3.8, 4) is 11.4 Å². The van der Waals surface area contributed by atoms with Crippen molar-refractivity contribution in [2.75, 3.05) is 22.5 Å². The van der Waals surface area contributed by atoms with Gasteiger partial charge in [-0.05, 0) is 42.7 Å². The number of carbonyl (C=O) groups is 1. The Kier molecular flexibility index (Phi) is 6.46. The van der Waals surface area contributed by atoms with Crippen LogP contribution in [-0.4, -0.2) is 42.2 Å². The summed E-state index contributed by atoms with van der Waals surface area (Å²) in [5.74, 6) is 1.42. The van der Waals surface area contributed by atoms with Crippen LogP contribution in [0.1, 0.15) is 26.5 Å². The van der Waals surface area contributed by atoms with Crippen molar-refractivity contribution in [2.45, 2.75) is 27.7 Å². The molecular formula is C25H29N9O. The molecule has 0 bridgehead atoms. The second-order valence-corrected chi connectivity index (χ2v) is 9.50. The molecule has 0 spiro atoms. The highest BCUT2D eigenvalue weighted by atomic mass is 16.1. The van der Waals surface area contributed by atoms with Crippen LogP contribution in [0, 0.1) is 12.3 Å². The van der Waals surface area contributed by atoms with Gasteiger partial charge in [-0.2, -0.15) is 0 Å². The molecule has 4 rings (SSSR count). The molecule has 35 heavy (non-hydrogen) atoms. The Morgan fingerprint density at radius 1 is 1.17 bits per heavy atom. The quantitative estimate of drug-likeness (QED) is 0.338. The van der Waals surface area contributed by atoms with Gasteiger partial charge < -0.3 is 20.5 Å². The van der Waals surface area contributed by atoms with Crippen molar-refractivity contribution in [1.29, 1.82) is 0 Å². The summed E-state index contributed by atoms with van der Waals surface area (Å²) in [6, 6.07) is 7.49. The predicted octanol–water partition coefficient (Wildman–Crippen LogP) is 4.45. The number of anilines is 4. The Labute approximate surface area is 203 Å². The molecule has 0 radical (unpaired) electrons. The van der Waals surface area contributed by atoms with Gasteiger partial charge in [0.05, 0.1) is 11.4 Å². The number of rotatable bonds is 7. The Bertz CT molecular complexity index is 1400. The number of hydrogen-bond donors (Lipinski definition) is 3. The lowest BCUT2D eigenvalue weighted by atomic mass is 9.97. The molecule has 4 aromatic rings. The maximum atomic E-state index is 12.1. The number of amides is 1. The molecule has 0 aliphatic carbocycles. The number of fused-ring (bicyclic) bond motifs is 1. The zero-order valence-corrected chi connectivity index (χ0v) is 20.5. The molecule has 0 unspecified atom stereocenters. The van der Waals surface area contributed by atoms with Crippen LogP contribution >= 0.6 is 0 Å². The topological polar surface area (TPSA) is 123 Å². The van der Waals surface area contributed by atoms with Crippen LogP contribution < -0.4 is 16.0 Å². The van der Waals surface area contributed by atoms with Gasteiger partial charge in [-0.3, -0.25) is 4.79 Å². The lowest BCUT2D eigenvalue weighted by Crippen LogP contribution is -2.20. The van der Waals surface area contributed by atoms with Crippen molar-refractivity contribution in [2.24, 2.45) is 12.5 Å². The van der Waals surface area contributed by atoms with Gasteiger partial charge in [0.2, 0.25) is 11.9 Å². The third kappa shape index (κ3) is 5.60. The number of nitrogens with one attached hydrogen (secondary N) is 3. The molecule has 0 atom stereocenters. The maximum absolute atomic E-state index is 12.1. The van der Waals surface area contributed by atoms with Crippen molar-refractivity contribution in [1.82, 2.24) is 29.7 Å². The minimum absolute atomic E-state index is 0.0780. The third-order valence-electron chi connectivity index (χ3n) is 5.16. The third-order valence-corrected chi connectivity index (χ3v) is 5.16. The molecule has 180 valence electrons. The van der Waals surface area contributed by atoms with Gasteiger partial charge in [0.15, 0.2) is 11.6 Å². The maximum Gasteiger partial charge on any atom is 0.247 e. The summed E-state index contributed by atoms with van der Waals surface area (Å²) in [5, 5.41) is 18.4. The molecule has 0 saturated carbocycles. The van der Waals surface area contributed by atoms with Gasteiger partial charge >= 0.3 is 0 Å². The predicted molar refractivity (Wildman–Crippen MR) is 139 cm³/mol. The first-order chi connectivity index (χ1) is 16.6. The van der Waals surface area contributed by atoms with Crippen LogP contribution in [0.4, 0.5) is 23.1 Å². The molecule has 1 amide bonds. The molecule has 0 aliphatic heterocycles. The van der Waals surface area contributed by atoms with E-state index in [4.69, 9.17) is 4.98 Å². The Morgan fingerprint density at radius 2 is 1.97 bits per heavy atom. The first kappa shape index (κ1) is 23.8. The fraction of sp³-hybridized carbons (Fsp3) is 0.280. The van der Waals surface area contributed by atoms with E-state index in [-0.39, 0.29) is 11.3 Å². The summed E-state index contributed by atoms with van der Waals surface area (Å²) in [6.45, 7) is 12.7. The van der Waals surface area contributed by atoms with E-state index in [2.05, 4.69) is 63.5 Å². The highest BCUT2D eigenvalue weighted by Crippen LogP contribution is 2.31. The molecule has 0 aliphatic rings. The first-order valence-electron chi connectivity index (χ1n) is 11.2. The van der Waals surface area contributed by atoms with Gasteiger partial charge in [-0.15, -0.1) is 10.2 Å². The zero-order valence-electron chi connectivity index (χ0n) is 20.5. The van der Waals surface area contributed by atoms with Gasteiger partial charge in [-0.25, -0.2) is 15.0 Å². The van der Waals surface area contributed by atoms with Crippen LogP contribution in [0.15, 0.2) is 49.4 Å². The van der Waals surface area contributed by atoms with Crippen molar-refractivity contribution < 1.29 is 4.79 Å². The Balaban J connectivity index is 1.71. The SMILES string of the molecule is C=CC(=O)Nc1cc(-c2nncn2C)ccc1Nc1ncc2cc(C)nc(NCC(C)(C)C)c2n1. The number of nitrogens with zero attached hydrogens (tertiary/aromatic N) is 6. The summed E-state index contributed by atoms with van der Waals surface area (Å²) in [5.41, 5.74) is 3.62. The number of benzene rings is 1. The molecule has 3 aromatic heterocycles. The highest BCUT2D eigenvalue weighted by Gasteiger charge is 2.15. The summed E-state index contributed by atoms with van der Waals surface area (Å²) >= 11 is 0. The minimum Gasteiger partial charge on any atom is -0.368 e. The normalized spacial score (nSPS) is 11.3. The molecule has 3 heterocycles. The summed E-state index contributed by atoms with van der Waals surface area (Å²) in [4.78, 5) is 26.0. The van der Waals surface area contributed by atoms with Gasteiger partial charge in [-0.1, -0.05) is 27.4 Å². The molecule has 1 aromatic carbocycles. The highest BCUT2D eigenvalue weighted by molar-refractivity contribution is 6.02. The fourth-order valence-corrected chi connectivity index (χ4v) is 3.45. The molecule has 0 saturated heterocycles. The molecule has 0 fully saturated rings. The molecular weight excluding hydrogens is 442 g/mol. The van der Waals surface area contributed by atoms with E-state index >= 15 is 0 Å². The standard InChI is InChI=1S/C25H29N9O/c1-7-20(35)30-19-11-16(23-33-28-14-34(23)6)8-9-18(19)31-24-26-12-17-10-15(2)29-22(21(17)32-24)27-13-25(3,4)5/h7-12,14H,1,13H2,2-6H3,(H,27,29)(H,30,35)(H,26,31,32). The second kappa shape index (κ2) is 9.49. The van der Waals surface area contributed by atoms with E-state index in [1.165, 1.54) is 6.08 Å². The first-order valence-corrected chi connectivity index (χ1v) is 11.2. The summed E-state index contributed by atoms with van der Waals surface area (Å²) in [7, 11) is 1.85. The van der Waals surface area contributed by atoms with Gasteiger partial charge in [0.25, 0.3) is 0 Å². The molecule has 10 nitrogen and oxygen atoms in total. The Morgan fingerprint density at radius 3 is 2.66 bits per heavy atom. The number of aromatic nitrogens is 6. The zero-order chi connectivity index (χ0) is 25.2. The number of hydrogen-bond acceptors (Lipinski definition) is 8. The van der Waals surface area contributed by atoms with E-state index in [1.807, 2.05) is 38.2 Å².